The molecule has 2 bridgehead atoms. The van der Waals surface area contributed by atoms with Gasteiger partial charge in [-0.3, -0.25) is 9.69 Å². The number of benzene rings is 2. The number of piperidine rings is 1. The van der Waals surface area contributed by atoms with Crippen LogP contribution in [0.5, 0.6) is 17.2 Å². The van der Waals surface area contributed by atoms with E-state index in [9.17, 15) is 10.1 Å². The Kier molecular flexibility index (Phi) is 6.24. The third-order valence-corrected chi connectivity index (χ3v) is 6.64. The molecule has 32 heavy (non-hydrogen) atoms. The minimum atomic E-state index is -0.892. The van der Waals surface area contributed by atoms with Crippen molar-refractivity contribution in [2.75, 3.05) is 21.3 Å². The van der Waals surface area contributed by atoms with Gasteiger partial charge in [0.05, 0.1) is 27.4 Å². The molecule has 1 unspecified atom stereocenters. The number of nitrogens with zero attached hydrogens (tertiary/aromatic N) is 2. The number of nitrogens with one attached hydrogen (secondary N) is 1. The number of hydrogen-bond donors (Lipinski definition) is 1. The van der Waals surface area contributed by atoms with Crippen LogP contribution in [0.25, 0.3) is 0 Å². The topological polar surface area (TPSA) is 83.8 Å². The number of rotatable bonds is 7. The summed E-state index contributed by atoms with van der Waals surface area (Å²) in [6.45, 7) is 0.874. The van der Waals surface area contributed by atoms with E-state index < -0.39 is 5.54 Å². The Morgan fingerprint density at radius 1 is 1.06 bits per heavy atom. The van der Waals surface area contributed by atoms with Crippen molar-refractivity contribution < 1.29 is 19.0 Å². The van der Waals surface area contributed by atoms with Crippen LogP contribution in [0.2, 0.25) is 0 Å². The second kappa shape index (κ2) is 9.09. The van der Waals surface area contributed by atoms with Crippen molar-refractivity contribution >= 4 is 5.91 Å². The van der Waals surface area contributed by atoms with Crippen LogP contribution in [0.4, 0.5) is 0 Å². The zero-order valence-electron chi connectivity index (χ0n) is 18.8. The van der Waals surface area contributed by atoms with E-state index in [0.29, 0.717) is 35.7 Å². The number of hydrogen-bond acceptors (Lipinski definition) is 6. The van der Waals surface area contributed by atoms with Crippen LogP contribution in [-0.2, 0) is 6.54 Å². The van der Waals surface area contributed by atoms with Gasteiger partial charge in [0, 0.05) is 24.2 Å². The molecular weight excluding hydrogens is 406 g/mol. The van der Waals surface area contributed by atoms with Gasteiger partial charge in [-0.05, 0) is 43.4 Å². The maximum atomic E-state index is 13.2. The molecular formula is C25H29N3O4. The van der Waals surface area contributed by atoms with E-state index in [4.69, 9.17) is 14.2 Å². The molecule has 0 spiro atoms. The number of fused-ring (bicyclic) bond motifs is 2. The maximum absolute atomic E-state index is 13.2. The van der Waals surface area contributed by atoms with Crippen LogP contribution in [0.3, 0.4) is 0 Å². The van der Waals surface area contributed by atoms with Crippen LogP contribution in [0, 0.1) is 11.3 Å². The predicted octanol–water partition coefficient (Wildman–Crippen LogP) is 3.53. The van der Waals surface area contributed by atoms with Gasteiger partial charge in [0.15, 0.2) is 11.5 Å². The minimum Gasteiger partial charge on any atom is -0.493 e. The lowest BCUT2D eigenvalue weighted by molar-refractivity contribution is 0.0701. The van der Waals surface area contributed by atoms with Crippen LogP contribution < -0.4 is 19.5 Å². The second-order valence-corrected chi connectivity index (χ2v) is 8.51. The zero-order chi connectivity index (χ0) is 22.7. The Hall–Kier alpha value is -3.24. The largest absolute Gasteiger partial charge is 0.493 e. The first kappa shape index (κ1) is 22.0. The number of amides is 1. The number of carbonyl (C=O) groups is 1. The van der Waals surface area contributed by atoms with Gasteiger partial charge in [0.25, 0.3) is 5.91 Å². The summed E-state index contributed by atoms with van der Waals surface area (Å²) in [6, 6.07) is 16.6. The van der Waals surface area contributed by atoms with Crippen molar-refractivity contribution in [3.8, 4) is 23.3 Å². The molecule has 168 valence electrons. The van der Waals surface area contributed by atoms with Crippen LogP contribution >= 0.6 is 0 Å². The van der Waals surface area contributed by atoms with Gasteiger partial charge in [-0.2, -0.15) is 5.26 Å². The van der Waals surface area contributed by atoms with Crippen molar-refractivity contribution in [1.29, 1.82) is 5.26 Å². The number of carbonyl (C=O) groups excluding carboxylic acids is 1. The fourth-order valence-electron chi connectivity index (χ4n) is 5.12. The summed E-state index contributed by atoms with van der Waals surface area (Å²) in [4.78, 5) is 15.7. The molecule has 2 saturated heterocycles. The van der Waals surface area contributed by atoms with Gasteiger partial charge in [-0.15, -0.1) is 0 Å². The van der Waals surface area contributed by atoms with Crippen LogP contribution in [0.15, 0.2) is 42.5 Å². The Bertz CT molecular complexity index is 979. The average Bonchev–Trinajstić information content (AvgIpc) is 3.06. The lowest BCUT2D eigenvalue weighted by atomic mass is 9.83. The third kappa shape index (κ3) is 4.11. The number of nitriles is 1. The quantitative estimate of drug-likeness (QED) is 0.716. The second-order valence-electron chi connectivity index (χ2n) is 8.51. The average molecular weight is 436 g/mol. The third-order valence-electron chi connectivity index (χ3n) is 6.64. The normalized spacial score (nSPS) is 24.4. The van der Waals surface area contributed by atoms with Crippen molar-refractivity contribution in [3.05, 3.63) is 53.6 Å². The molecule has 1 N–H and O–H groups in total. The predicted molar refractivity (Wildman–Crippen MR) is 120 cm³/mol. The molecule has 7 nitrogen and oxygen atoms in total. The van der Waals surface area contributed by atoms with Gasteiger partial charge in [-0.1, -0.05) is 30.3 Å². The fourth-order valence-corrected chi connectivity index (χ4v) is 5.12. The van der Waals surface area contributed by atoms with E-state index in [-0.39, 0.29) is 18.0 Å². The lowest BCUT2D eigenvalue weighted by Crippen LogP contribution is -2.58. The maximum Gasteiger partial charge on any atom is 0.252 e. The fraction of sp³-hybridized carbons (Fsp3) is 0.440. The molecule has 7 heteroatoms. The van der Waals surface area contributed by atoms with E-state index in [1.165, 1.54) is 26.9 Å². The van der Waals surface area contributed by atoms with Gasteiger partial charge < -0.3 is 19.5 Å². The summed E-state index contributed by atoms with van der Waals surface area (Å²) >= 11 is 0. The van der Waals surface area contributed by atoms with E-state index in [1.807, 2.05) is 6.07 Å². The van der Waals surface area contributed by atoms with Crippen LogP contribution in [0.1, 0.15) is 41.6 Å². The first-order valence-electron chi connectivity index (χ1n) is 10.9. The number of ether oxygens (including phenoxy) is 3. The highest BCUT2D eigenvalue weighted by Crippen LogP contribution is 2.42. The Morgan fingerprint density at radius 2 is 1.66 bits per heavy atom. The summed E-state index contributed by atoms with van der Waals surface area (Å²) in [6.07, 6.45) is 3.31. The Morgan fingerprint density at radius 3 is 2.16 bits per heavy atom. The van der Waals surface area contributed by atoms with Gasteiger partial charge in [0.1, 0.15) is 5.54 Å². The van der Waals surface area contributed by atoms with Crippen molar-refractivity contribution in [3.63, 3.8) is 0 Å². The summed E-state index contributed by atoms with van der Waals surface area (Å²) < 4.78 is 16.1. The van der Waals surface area contributed by atoms with E-state index in [1.54, 1.807) is 12.1 Å². The molecule has 0 radical (unpaired) electrons. The van der Waals surface area contributed by atoms with E-state index >= 15 is 0 Å². The molecule has 2 aliphatic rings. The molecule has 2 fully saturated rings. The van der Waals surface area contributed by atoms with Crippen LogP contribution in [-0.4, -0.2) is 49.8 Å². The Labute approximate surface area is 188 Å². The highest BCUT2D eigenvalue weighted by Gasteiger charge is 2.49. The summed E-state index contributed by atoms with van der Waals surface area (Å²) in [5.41, 5.74) is 0.750. The summed E-state index contributed by atoms with van der Waals surface area (Å²) in [5, 5.41) is 13.2. The molecule has 2 aromatic rings. The first-order valence-corrected chi connectivity index (χ1v) is 10.9. The van der Waals surface area contributed by atoms with Crippen molar-refractivity contribution in [2.45, 2.75) is 49.9 Å². The standard InChI is InChI=1S/C25H29N3O4/c1-30-21-11-18(12-22(31-2)23(21)32-3)24(29)27-25(16-26)13-19-9-10-20(14-25)28(19)15-17-7-5-4-6-8-17/h4-8,11-12,19-20H,9-10,13-15H2,1-3H3,(H,27,29)/t19-,20+,25?. The molecule has 3 atom stereocenters. The molecule has 0 aromatic heterocycles. The van der Waals surface area contributed by atoms with Gasteiger partial charge in [0.2, 0.25) is 5.75 Å². The highest BCUT2D eigenvalue weighted by atomic mass is 16.5. The summed E-state index contributed by atoms with van der Waals surface area (Å²) in [5.74, 6) is 0.914. The molecule has 1 amide bonds. The van der Waals surface area contributed by atoms with Gasteiger partial charge >= 0.3 is 0 Å². The minimum absolute atomic E-state index is 0.272. The molecule has 4 rings (SSSR count). The molecule has 2 heterocycles. The Balaban J connectivity index is 1.53. The lowest BCUT2D eigenvalue weighted by Gasteiger charge is -2.43. The van der Waals surface area contributed by atoms with E-state index in [2.05, 4.69) is 40.6 Å². The zero-order valence-corrected chi connectivity index (χ0v) is 18.8. The summed E-state index contributed by atoms with van der Waals surface area (Å²) in [7, 11) is 4.54. The van der Waals surface area contributed by atoms with Crippen molar-refractivity contribution in [2.24, 2.45) is 0 Å². The molecule has 0 saturated carbocycles. The van der Waals surface area contributed by atoms with Crippen molar-refractivity contribution in [1.82, 2.24) is 10.2 Å². The monoisotopic (exact) mass is 435 g/mol. The SMILES string of the molecule is COc1cc(C(=O)NC2(C#N)C[C@H]3CC[C@@H](C2)N3Cc2ccccc2)cc(OC)c1OC. The molecule has 2 aliphatic heterocycles. The van der Waals surface area contributed by atoms with E-state index in [0.717, 1.165) is 19.4 Å². The molecule has 2 aromatic carbocycles. The highest BCUT2D eigenvalue weighted by molar-refractivity contribution is 5.96. The van der Waals surface area contributed by atoms with Gasteiger partial charge in [-0.25, -0.2) is 0 Å². The smallest absolute Gasteiger partial charge is 0.252 e. The number of methoxy groups -OCH3 is 3. The first-order chi connectivity index (χ1) is 15.5. The molecule has 0 aliphatic carbocycles.